The Morgan fingerprint density at radius 1 is 1.15 bits per heavy atom. The Morgan fingerprint density at radius 3 is 2.52 bits per heavy atom. The van der Waals surface area contributed by atoms with Gasteiger partial charge >= 0.3 is 0 Å². The number of carbonyl (C=O) groups is 1. The molecule has 1 saturated heterocycles. The lowest BCUT2D eigenvalue weighted by molar-refractivity contribution is 0.0577. The summed E-state index contributed by atoms with van der Waals surface area (Å²) in [4.78, 5) is 22.7. The van der Waals surface area contributed by atoms with Crippen molar-refractivity contribution in [2.24, 2.45) is 0 Å². The molecule has 144 valence electrons. The molecule has 0 unspecified atom stereocenters. The van der Waals surface area contributed by atoms with Crippen LogP contribution in [0.15, 0.2) is 18.2 Å². The normalized spacial score (nSPS) is 19.0. The number of halogens is 1. The van der Waals surface area contributed by atoms with Gasteiger partial charge in [0.25, 0.3) is 5.91 Å². The van der Waals surface area contributed by atoms with Crippen LogP contribution in [0.25, 0.3) is 10.6 Å². The van der Waals surface area contributed by atoms with Gasteiger partial charge in [0.15, 0.2) is 0 Å². The van der Waals surface area contributed by atoms with Gasteiger partial charge in [-0.2, -0.15) is 0 Å². The van der Waals surface area contributed by atoms with Gasteiger partial charge in [-0.1, -0.05) is 25.0 Å². The van der Waals surface area contributed by atoms with Crippen LogP contribution in [0.5, 0.6) is 0 Å². The molecule has 2 fully saturated rings. The van der Waals surface area contributed by atoms with Gasteiger partial charge < -0.3 is 4.90 Å². The maximum absolute atomic E-state index is 13.9. The zero-order valence-corrected chi connectivity index (χ0v) is 16.8. The lowest BCUT2D eigenvalue weighted by Gasteiger charge is -2.37. The highest BCUT2D eigenvalue weighted by atomic mass is 32.1. The minimum Gasteiger partial charge on any atom is -0.335 e. The average Bonchev–Trinajstić information content (AvgIpc) is 3.33. The van der Waals surface area contributed by atoms with Crippen molar-refractivity contribution in [3.8, 4) is 10.6 Å². The molecule has 1 aromatic heterocycles. The maximum Gasteiger partial charge on any atom is 0.265 e. The third kappa shape index (κ3) is 3.78. The topological polar surface area (TPSA) is 36.4 Å². The molecule has 0 radical (unpaired) electrons. The Balaban J connectivity index is 1.46. The lowest BCUT2D eigenvalue weighted by atomic mass is 10.1. The standard InChI is InChI=1S/C21H26FN3OS/c1-14-7-8-16(13-18(14)22)20-23-15(2)19(27-20)21(26)25-11-9-24(10-12-25)17-5-3-4-6-17/h7-8,13,17H,3-6,9-12H2,1-2H3. The van der Waals surface area contributed by atoms with Crippen LogP contribution in [0, 0.1) is 19.7 Å². The van der Waals surface area contributed by atoms with Gasteiger partial charge in [-0.05, 0) is 38.3 Å². The summed E-state index contributed by atoms with van der Waals surface area (Å²) in [6.45, 7) is 7.09. The largest absolute Gasteiger partial charge is 0.335 e. The van der Waals surface area contributed by atoms with Crippen molar-refractivity contribution >= 4 is 17.2 Å². The van der Waals surface area contributed by atoms with Gasteiger partial charge in [-0.3, -0.25) is 9.69 Å². The number of carbonyl (C=O) groups excluding carboxylic acids is 1. The Hall–Kier alpha value is -1.79. The smallest absolute Gasteiger partial charge is 0.265 e. The predicted molar refractivity (Wildman–Crippen MR) is 107 cm³/mol. The van der Waals surface area contributed by atoms with Crippen molar-refractivity contribution in [3.63, 3.8) is 0 Å². The van der Waals surface area contributed by atoms with Crippen molar-refractivity contribution in [2.75, 3.05) is 26.2 Å². The van der Waals surface area contributed by atoms with Crippen LogP contribution < -0.4 is 0 Å². The zero-order valence-electron chi connectivity index (χ0n) is 16.0. The fourth-order valence-electron chi connectivity index (χ4n) is 4.15. The third-order valence-electron chi connectivity index (χ3n) is 5.85. The SMILES string of the molecule is Cc1ccc(-c2nc(C)c(C(=O)N3CCN(C4CCCC4)CC3)s2)cc1F. The van der Waals surface area contributed by atoms with Crippen molar-refractivity contribution in [1.82, 2.24) is 14.8 Å². The molecular weight excluding hydrogens is 361 g/mol. The van der Waals surface area contributed by atoms with E-state index in [0.717, 1.165) is 43.5 Å². The Kier molecular flexibility index (Phi) is 5.28. The number of hydrogen-bond acceptors (Lipinski definition) is 4. The second kappa shape index (κ2) is 7.68. The molecule has 6 heteroatoms. The van der Waals surface area contributed by atoms with Gasteiger partial charge in [0.2, 0.25) is 0 Å². The van der Waals surface area contributed by atoms with Crippen molar-refractivity contribution in [2.45, 2.75) is 45.6 Å². The van der Waals surface area contributed by atoms with Crippen molar-refractivity contribution in [1.29, 1.82) is 0 Å². The summed E-state index contributed by atoms with van der Waals surface area (Å²) in [5, 5.41) is 0.708. The van der Waals surface area contributed by atoms with Crippen LogP contribution in [-0.4, -0.2) is 52.9 Å². The van der Waals surface area contributed by atoms with Crippen LogP contribution in [0.3, 0.4) is 0 Å². The van der Waals surface area contributed by atoms with E-state index in [1.807, 2.05) is 17.9 Å². The third-order valence-corrected chi connectivity index (χ3v) is 7.05. The minimum atomic E-state index is -0.240. The Labute approximate surface area is 164 Å². The number of benzene rings is 1. The molecule has 2 heterocycles. The summed E-state index contributed by atoms with van der Waals surface area (Å²) in [7, 11) is 0. The highest BCUT2D eigenvalue weighted by Gasteiger charge is 2.29. The predicted octanol–water partition coefficient (Wildman–Crippen LogP) is 4.27. The molecule has 0 spiro atoms. The van der Waals surface area contributed by atoms with Crippen LogP contribution in [0.2, 0.25) is 0 Å². The summed E-state index contributed by atoms with van der Waals surface area (Å²) in [5.74, 6) is -0.175. The molecule has 1 aromatic carbocycles. The number of aromatic nitrogens is 1. The molecule has 2 aliphatic rings. The number of piperazine rings is 1. The quantitative estimate of drug-likeness (QED) is 0.789. The molecule has 1 saturated carbocycles. The van der Waals surface area contributed by atoms with Crippen LogP contribution >= 0.6 is 11.3 Å². The summed E-state index contributed by atoms with van der Waals surface area (Å²) in [6.07, 6.45) is 5.29. The summed E-state index contributed by atoms with van der Waals surface area (Å²) >= 11 is 1.37. The van der Waals surface area contributed by atoms with Crippen LogP contribution in [0.4, 0.5) is 4.39 Å². The average molecular weight is 388 g/mol. The van der Waals surface area contributed by atoms with Crippen LogP contribution in [0.1, 0.15) is 46.6 Å². The molecule has 27 heavy (non-hydrogen) atoms. The fourth-order valence-corrected chi connectivity index (χ4v) is 5.18. The van der Waals surface area contributed by atoms with Crippen molar-refractivity contribution < 1.29 is 9.18 Å². The highest BCUT2D eigenvalue weighted by molar-refractivity contribution is 7.17. The minimum absolute atomic E-state index is 0.0647. The van der Waals surface area contributed by atoms with E-state index in [-0.39, 0.29) is 11.7 Å². The second-order valence-corrected chi connectivity index (χ2v) is 8.66. The van der Waals surface area contributed by atoms with E-state index >= 15 is 0 Å². The van der Waals surface area contributed by atoms with Gasteiger partial charge in [0.1, 0.15) is 15.7 Å². The van der Waals surface area contributed by atoms with E-state index in [1.165, 1.54) is 43.1 Å². The van der Waals surface area contributed by atoms with E-state index in [2.05, 4.69) is 9.88 Å². The van der Waals surface area contributed by atoms with Gasteiger partial charge in [0.05, 0.1) is 5.69 Å². The Morgan fingerprint density at radius 2 is 1.85 bits per heavy atom. The molecule has 1 aliphatic heterocycles. The molecule has 0 bridgehead atoms. The number of thiazole rings is 1. The molecule has 0 N–H and O–H groups in total. The number of amides is 1. The highest BCUT2D eigenvalue weighted by Crippen LogP contribution is 2.30. The van der Waals surface area contributed by atoms with Gasteiger partial charge in [0, 0.05) is 37.8 Å². The lowest BCUT2D eigenvalue weighted by Crippen LogP contribution is -2.51. The molecule has 0 atom stereocenters. The number of hydrogen-bond donors (Lipinski definition) is 0. The monoisotopic (exact) mass is 387 g/mol. The van der Waals surface area contributed by atoms with Gasteiger partial charge in [-0.25, -0.2) is 9.37 Å². The van der Waals surface area contributed by atoms with Crippen LogP contribution in [-0.2, 0) is 0 Å². The van der Waals surface area contributed by atoms with E-state index in [9.17, 15) is 9.18 Å². The van der Waals surface area contributed by atoms with E-state index in [0.29, 0.717) is 15.4 Å². The first kappa shape index (κ1) is 18.6. The molecular formula is C21H26FN3OS. The van der Waals surface area contributed by atoms with E-state index in [4.69, 9.17) is 0 Å². The maximum atomic E-state index is 13.9. The van der Waals surface area contributed by atoms with E-state index in [1.54, 1.807) is 13.0 Å². The summed E-state index contributed by atoms with van der Waals surface area (Å²) in [5.41, 5.74) is 2.08. The number of rotatable bonds is 3. The fraction of sp³-hybridized carbons (Fsp3) is 0.524. The first-order valence-electron chi connectivity index (χ1n) is 9.80. The molecule has 4 nitrogen and oxygen atoms in total. The number of aryl methyl sites for hydroxylation is 2. The molecule has 2 aromatic rings. The molecule has 1 aliphatic carbocycles. The van der Waals surface area contributed by atoms with Crippen molar-refractivity contribution in [3.05, 3.63) is 40.2 Å². The molecule has 4 rings (SSSR count). The summed E-state index contributed by atoms with van der Waals surface area (Å²) in [6, 6.07) is 5.84. The Bertz CT molecular complexity index is 836. The zero-order chi connectivity index (χ0) is 19.0. The molecule has 1 amide bonds. The summed E-state index contributed by atoms with van der Waals surface area (Å²) < 4.78 is 13.9. The van der Waals surface area contributed by atoms with Gasteiger partial charge in [-0.15, -0.1) is 11.3 Å². The second-order valence-electron chi connectivity index (χ2n) is 7.66. The first-order chi connectivity index (χ1) is 13.0. The first-order valence-corrected chi connectivity index (χ1v) is 10.6. The number of nitrogens with zero attached hydrogens (tertiary/aromatic N) is 3. The van der Waals surface area contributed by atoms with E-state index < -0.39 is 0 Å².